The number of aryl methyl sites for hydroxylation is 2. The normalized spacial score (nSPS) is 16.9. The largest absolute Gasteiger partial charge is 0.454 e. The van der Waals surface area contributed by atoms with Crippen LogP contribution in [-0.2, 0) is 14.3 Å². The minimum atomic E-state index is -0.901. The van der Waals surface area contributed by atoms with Crippen LogP contribution >= 0.6 is 11.8 Å². The number of rotatable bonds is 5. The fourth-order valence-electron chi connectivity index (χ4n) is 2.90. The Hall–Kier alpha value is -2.60. The SMILES string of the molecule is Cc1ccc(C)c(C(=O)[C@H](C)OC(=O)C[C@@H]2Sc3ccccc3NC2=O)c1. The number of ether oxygens (including phenoxy) is 1. The molecule has 0 radical (unpaired) electrons. The van der Waals surface area contributed by atoms with Gasteiger partial charge in [0.05, 0.1) is 17.4 Å². The number of hydrogen-bond acceptors (Lipinski definition) is 5. The van der Waals surface area contributed by atoms with Crippen molar-refractivity contribution < 1.29 is 19.1 Å². The van der Waals surface area contributed by atoms with E-state index in [-0.39, 0.29) is 18.1 Å². The molecule has 0 aromatic heterocycles. The number of para-hydroxylation sites is 1. The quantitative estimate of drug-likeness (QED) is 0.626. The Balaban J connectivity index is 1.63. The van der Waals surface area contributed by atoms with Gasteiger partial charge < -0.3 is 10.1 Å². The van der Waals surface area contributed by atoms with E-state index in [1.165, 1.54) is 11.8 Å². The molecule has 27 heavy (non-hydrogen) atoms. The number of Topliss-reactive ketones (excluding diaryl/α,β-unsaturated/α-hetero) is 1. The van der Waals surface area contributed by atoms with Gasteiger partial charge >= 0.3 is 5.97 Å². The Morgan fingerprint density at radius 2 is 1.93 bits per heavy atom. The van der Waals surface area contributed by atoms with E-state index in [9.17, 15) is 14.4 Å². The highest BCUT2D eigenvalue weighted by Gasteiger charge is 2.30. The Bertz CT molecular complexity index is 909. The molecule has 1 amide bonds. The highest BCUT2D eigenvalue weighted by molar-refractivity contribution is 8.01. The number of anilines is 1. The summed E-state index contributed by atoms with van der Waals surface area (Å²) in [5.41, 5.74) is 3.10. The summed E-state index contributed by atoms with van der Waals surface area (Å²) < 4.78 is 5.32. The van der Waals surface area contributed by atoms with Gasteiger partial charge in [-0.15, -0.1) is 11.8 Å². The van der Waals surface area contributed by atoms with Gasteiger partial charge in [0.25, 0.3) is 0 Å². The number of amides is 1. The molecule has 1 aliphatic rings. The zero-order chi connectivity index (χ0) is 19.6. The minimum Gasteiger partial charge on any atom is -0.454 e. The molecule has 0 saturated carbocycles. The molecule has 2 atom stereocenters. The van der Waals surface area contributed by atoms with Crippen molar-refractivity contribution in [2.75, 3.05) is 5.32 Å². The number of fused-ring (bicyclic) bond motifs is 1. The molecular formula is C21H21NO4S. The topological polar surface area (TPSA) is 72.5 Å². The molecule has 0 bridgehead atoms. The molecule has 6 heteroatoms. The van der Waals surface area contributed by atoms with Gasteiger partial charge in [-0.05, 0) is 44.5 Å². The van der Waals surface area contributed by atoms with Crippen LogP contribution in [0.2, 0.25) is 0 Å². The number of ketones is 1. The average Bonchev–Trinajstić information content (AvgIpc) is 2.63. The van der Waals surface area contributed by atoms with Gasteiger partial charge in [0.1, 0.15) is 0 Å². The van der Waals surface area contributed by atoms with Crippen molar-refractivity contribution in [3.05, 3.63) is 59.2 Å². The third-order valence-corrected chi connectivity index (χ3v) is 5.67. The number of carbonyl (C=O) groups is 3. The molecule has 140 valence electrons. The second kappa shape index (κ2) is 7.96. The molecule has 1 heterocycles. The summed E-state index contributed by atoms with van der Waals surface area (Å²) in [6.45, 7) is 5.32. The van der Waals surface area contributed by atoms with Crippen molar-refractivity contribution in [1.29, 1.82) is 0 Å². The van der Waals surface area contributed by atoms with E-state index in [4.69, 9.17) is 4.74 Å². The fourth-order valence-corrected chi connectivity index (χ4v) is 3.99. The standard InChI is InChI=1S/C21H21NO4S/c1-12-8-9-13(2)15(10-12)20(24)14(3)26-19(23)11-18-21(25)22-16-6-4-5-7-17(16)27-18/h4-10,14,18H,11H2,1-3H3,(H,22,25)/t14-,18-/m0/s1. The maximum atomic E-state index is 12.6. The third kappa shape index (κ3) is 4.39. The maximum Gasteiger partial charge on any atom is 0.308 e. The van der Waals surface area contributed by atoms with Crippen molar-refractivity contribution in [2.24, 2.45) is 0 Å². The number of benzene rings is 2. The van der Waals surface area contributed by atoms with E-state index in [0.29, 0.717) is 5.56 Å². The van der Waals surface area contributed by atoms with Crippen LogP contribution < -0.4 is 5.32 Å². The van der Waals surface area contributed by atoms with Crippen LogP contribution in [-0.4, -0.2) is 29.0 Å². The Morgan fingerprint density at radius 3 is 2.70 bits per heavy atom. The van der Waals surface area contributed by atoms with Crippen LogP contribution in [0.15, 0.2) is 47.4 Å². The Kier molecular flexibility index (Phi) is 5.65. The van der Waals surface area contributed by atoms with Gasteiger partial charge in [-0.25, -0.2) is 0 Å². The molecule has 0 fully saturated rings. The van der Waals surface area contributed by atoms with E-state index in [2.05, 4.69) is 5.32 Å². The summed E-state index contributed by atoms with van der Waals surface area (Å²) in [7, 11) is 0. The van der Waals surface area contributed by atoms with E-state index in [1.807, 2.05) is 50.2 Å². The molecule has 3 rings (SSSR count). The molecule has 2 aromatic carbocycles. The number of esters is 1. The number of thioether (sulfide) groups is 1. The zero-order valence-electron chi connectivity index (χ0n) is 15.4. The predicted octanol–water partition coefficient (Wildman–Crippen LogP) is 3.92. The van der Waals surface area contributed by atoms with Crippen molar-refractivity contribution in [3.63, 3.8) is 0 Å². The van der Waals surface area contributed by atoms with Gasteiger partial charge in [-0.2, -0.15) is 0 Å². The van der Waals surface area contributed by atoms with E-state index in [1.54, 1.807) is 13.0 Å². The second-order valence-corrected chi connectivity index (χ2v) is 7.86. The molecule has 5 nitrogen and oxygen atoms in total. The molecule has 0 aliphatic carbocycles. The van der Waals surface area contributed by atoms with Crippen LogP contribution in [0.5, 0.6) is 0 Å². The lowest BCUT2D eigenvalue weighted by Gasteiger charge is -2.23. The van der Waals surface area contributed by atoms with Gasteiger partial charge in [0.2, 0.25) is 11.7 Å². The summed E-state index contributed by atoms with van der Waals surface area (Å²) in [6, 6.07) is 13.0. The van der Waals surface area contributed by atoms with Gasteiger partial charge in [0, 0.05) is 10.5 Å². The second-order valence-electron chi connectivity index (χ2n) is 6.61. The lowest BCUT2D eigenvalue weighted by Crippen LogP contribution is -2.33. The number of nitrogens with one attached hydrogen (secondary N) is 1. The summed E-state index contributed by atoms with van der Waals surface area (Å²) in [6.07, 6.45) is -0.989. The van der Waals surface area contributed by atoms with Crippen molar-refractivity contribution in [1.82, 2.24) is 0 Å². The Labute approximate surface area is 162 Å². The number of carbonyl (C=O) groups excluding carboxylic acids is 3. The van der Waals surface area contributed by atoms with Crippen LogP contribution in [0.4, 0.5) is 5.69 Å². The van der Waals surface area contributed by atoms with E-state index < -0.39 is 17.3 Å². The van der Waals surface area contributed by atoms with Gasteiger partial charge in [0.15, 0.2) is 6.10 Å². The monoisotopic (exact) mass is 383 g/mol. The first-order chi connectivity index (χ1) is 12.8. The molecule has 0 saturated heterocycles. The summed E-state index contributed by atoms with van der Waals surface area (Å²) >= 11 is 1.33. The first kappa shape index (κ1) is 19.2. The lowest BCUT2D eigenvalue weighted by molar-refractivity contribution is -0.147. The molecule has 0 unspecified atom stereocenters. The first-order valence-corrected chi connectivity index (χ1v) is 9.60. The zero-order valence-corrected chi connectivity index (χ0v) is 16.3. The molecule has 1 aliphatic heterocycles. The first-order valence-electron chi connectivity index (χ1n) is 8.72. The third-order valence-electron chi connectivity index (χ3n) is 4.39. The van der Waals surface area contributed by atoms with Crippen molar-refractivity contribution in [3.8, 4) is 0 Å². The molecular weight excluding hydrogens is 362 g/mol. The minimum absolute atomic E-state index is 0.0880. The van der Waals surface area contributed by atoms with Crippen molar-refractivity contribution in [2.45, 2.75) is 43.4 Å². The Morgan fingerprint density at radius 1 is 1.19 bits per heavy atom. The maximum absolute atomic E-state index is 12.6. The van der Waals surface area contributed by atoms with Crippen LogP contribution in [0.25, 0.3) is 0 Å². The van der Waals surface area contributed by atoms with Crippen LogP contribution in [0.3, 0.4) is 0 Å². The van der Waals surface area contributed by atoms with E-state index in [0.717, 1.165) is 21.7 Å². The summed E-state index contributed by atoms with van der Waals surface area (Å²) in [5, 5.41) is 2.22. The molecule has 1 N–H and O–H groups in total. The van der Waals surface area contributed by atoms with Gasteiger partial charge in [-0.1, -0.05) is 29.8 Å². The van der Waals surface area contributed by atoms with E-state index >= 15 is 0 Å². The number of hydrogen-bond donors (Lipinski definition) is 1. The van der Waals surface area contributed by atoms with Gasteiger partial charge in [-0.3, -0.25) is 14.4 Å². The smallest absolute Gasteiger partial charge is 0.308 e. The summed E-state index contributed by atoms with van der Waals surface area (Å²) in [5.74, 6) is -1.03. The lowest BCUT2D eigenvalue weighted by atomic mass is 9.99. The van der Waals surface area contributed by atoms with Crippen LogP contribution in [0, 0.1) is 13.8 Å². The summed E-state index contributed by atoms with van der Waals surface area (Å²) in [4.78, 5) is 38.0. The molecule has 2 aromatic rings. The fraction of sp³-hybridized carbons (Fsp3) is 0.286. The average molecular weight is 383 g/mol. The predicted molar refractivity (Wildman–Crippen MR) is 105 cm³/mol. The van der Waals surface area contributed by atoms with Crippen molar-refractivity contribution >= 4 is 35.1 Å². The highest BCUT2D eigenvalue weighted by atomic mass is 32.2. The highest BCUT2D eigenvalue weighted by Crippen LogP contribution is 2.36. The molecule has 0 spiro atoms. The van der Waals surface area contributed by atoms with Crippen LogP contribution in [0.1, 0.15) is 34.8 Å².